The van der Waals surface area contributed by atoms with Crippen molar-refractivity contribution in [3.05, 3.63) is 56.8 Å². The van der Waals surface area contributed by atoms with Gasteiger partial charge in [0, 0.05) is 16.4 Å². The number of carbonyl (C=O) groups is 1. The molecule has 5 heteroatoms. The van der Waals surface area contributed by atoms with Crippen LogP contribution in [0.25, 0.3) is 0 Å². The Labute approximate surface area is 130 Å². The molecule has 1 aromatic carbocycles. The standard InChI is InChI=1S/C15H12BrClN2O/c16-11-7-13(14(17)18-8-11)15(20)19-12-5-4-9-2-1-3-10(9)6-12/h4-8H,1-3H2,(H,19,20). The van der Waals surface area contributed by atoms with E-state index in [1.165, 1.54) is 17.5 Å². The minimum absolute atomic E-state index is 0.201. The highest BCUT2D eigenvalue weighted by atomic mass is 79.9. The summed E-state index contributed by atoms with van der Waals surface area (Å²) in [6.45, 7) is 0. The summed E-state index contributed by atoms with van der Waals surface area (Å²) in [6, 6.07) is 7.72. The number of amides is 1. The van der Waals surface area contributed by atoms with E-state index in [9.17, 15) is 4.79 Å². The molecule has 0 fully saturated rings. The molecule has 1 aliphatic carbocycles. The van der Waals surface area contributed by atoms with Crippen LogP contribution < -0.4 is 5.32 Å². The molecule has 1 N–H and O–H groups in total. The van der Waals surface area contributed by atoms with E-state index in [4.69, 9.17) is 11.6 Å². The van der Waals surface area contributed by atoms with Gasteiger partial charge in [0.1, 0.15) is 5.15 Å². The van der Waals surface area contributed by atoms with Gasteiger partial charge in [0.2, 0.25) is 0 Å². The maximum atomic E-state index is 12.2. The normalized spacial score (nSPS) is 13.1. The summed E-state index contributed by atoms with van der Waals surface area (Å²) < 4.78 is 0.723. The average Bonchev–Trinajstić information content (AvgIpc) is 2.89. The lowest BCUT2D eigenvalue weighted by Crippen LogP contribution is -2.13. The fourth-order valence-corrected chi connectivity index (χ4v) is 2.95. The largest absolute Gasteiger partial charge is 0.322 e. The Balaban J connectivity index is 1.84. The number of rotatable bonds is 2. The molecule has 1 aliphatic rings. The Kier molecular flexibility index (Phi) is 3.76. The molecule has 1 heterocycles. The van der Waals surface area contributed by atoms with E-state index in [0.29, 0.717) is 5.56 Å². The number of hydrogen-bond acceptors (Lipinski definition) is 2. The molecule has 0 saturated heterocycles. The lowest BCUT2D eigenvalue weighted by atomic mass is 10.1. The minimum Gasteiger partial charge on any atom is -0.322 e. The van der Waals surface area contributed by atoms with Crippen molar-refractivity contribution in [3.63, 3.8) is 0 Å². The topological polar surface area (TPSA) is 42.0 Å². The summed E-state index contributed by atoms with van der Waals surface area (Å²) in [5, 5.41) is 3.07. The molecule has 3 rings (SSSR count). The molecule has 2 aromatic rings. The van der Waals surface area contributed by atoms with Crippen molar-refractivity contribution in [3.8, 4) is 0 Å². The van der Waals surface area contributed by atoms with Crippen LogP contribution in [-0.2, 0) is 12.8 Å². The Bertz CT molecular complexity index is 688. The second kappa shape index (κ2) is 5.54. The van der Waals surface area contributed by atoms with E-state index in [1.54, 1.807) is 12.3 Å². The van der Waals surface area contributed by atoms with Crippen molar-refractivity contribution in [2.24, 2.45) is 0 Å². The monoisotopic (exact) mass is 350 g/mol. The highest BCUT2D eigenvalue weighted by molar-refractivity contribution is 9.10. The van der Waals surface area contributed by atoms with E-state index in [1.807, 2.05) is 12.1 Å². The second-order valence-electron chi connectivity index (χ2n) is 4.78. The Morgan fingerprint density at radius 3 is 2.90 bits per heavy atom. The summed E-state index contributed by atoms with van der Waals surface area (Å²) in [7, 11) is 0. The summed E-state index contributed by atoms with van der Waals surface area (Å²) >= 11 is 9.25. The minimum atomic E-state index is -0.248. The molecule has 0 atom stereocenters. The third kappa shape index (κ3) is 2.72. The smallest absolute Gasteiger partial charge is 0.258 e. The number of carbonyl (C=O) groups excluding carboxylic acids is 1. The number of pyridine rings is 1. The quantitative estimate of drug-likeness (QED) is 0.822. The molecule has 0 saturated carbocycles. The van der Waals surface area contributed by atoms with Gasteiger partial charge in [0.15, 0.2) is 0 Å². The third-order valence-corrected chi connectivity index (χ3v) is 4.14. The van der Waals surface area contributed by atoms with E-state index in [2.05, 4.69) is 32.3 Å². The molecular formula is C15H12BrClN2O. The molecule has 3 nitrogen and oxygen atoms in total. The molecule has 102 valence electrons. The maximum Gasteiger partial charge on any atom is 0.258 e. The molecule has 0 spiro atoms. The van der Waals surface area contributed by atoms with Crippen LogP contribution in [0.15, 0.2) is 34.9 Å². The predicted octanol–water partition coefficient (Wildman–Crippen LogP) is 4.24. The lowest BCUT2D eigenvalue weighted by Gasteiger charge is -2.08. The highest BCUT2D eigenvalue weighted by Gasteiger charge is 2.15. The fourth-order valence-electron chi connectivity index (χ4n) is 2.43. The van der Waals surface area contributed by atoms with Crippen LogP contribution in [0, 0.1) is 0 Å². The first-order valence-electron chi connectivity index (χ1n) is 6.38. The van der Waals surface area contributed by atoms with Gasteiger partial charge in [-0.05, 0) is 64.5 Å². The van der Waals surface area contributed by atoms with Gasteiger partial charge in [-0.25, -0.2) is 4.98 Å². The first-order valence-corrected chi connectivity index (χ1v) is 7.55. The van der Waals surface area contributed by atoms with E-state index in [0.717, 1.165) is 23.0 Å². The van der Waals surface area contributed by atoms with E-state index < -0.39 is 0 Å². The Hall–Kier alpha value is -1.39. The summed E-state index contributed by atoms with van der Waals surface area (Å²) in [4.78, 5) is 16.2. The van der Waals surface area contributed by atoms with Crippen LogP contribution in [0.5, 0.6) is 0 Å². The maximum absolute atomic E-state index is 12.2. The van der Waals surface area contributed by atoms with Crippen molar-refractivity contribution in [1.82, 2.24) is 4.98 Å². The molecule has 1 aromatic heterocycles. The molecule has 0 bridgehead atoms. The summed E-state index contributed by atoms with van der Waals surface area (Å²) in [5.74, 6) is -0.248. The predicted molar refractivity (Wildman–Crippen MR) is 83.4 cm³/mol. The van der Waals surface area contributed by atoms with Crippen LogP contribution in [0.3, 0.4) is 0 Å². The van der Waals surface area contributed by atoms with Gasteiger partial charge in [0.05, 0.1) is 5.56 Å². The van der Waals surface area contributed by atoms with Gasteiger partial charge in [0.25, 0.3) is 5.91 Å². The van der Waals surface area contributed by atoms with Crippen molar-refractivity contribution in [1.29, 1.82) is 0 Å². The van der Waals surface area contributed by atoms with Gasteiger partial charge in [-0.1, -0.05) is 17.7 Å². The SMILES string of the molecule is O=C(Nc1ccc2c(c1)CCC2)c1cc(Br)cnc1Cl. The van der Waals surface area contributed by atoms with E-state index >= 15 is 0 Å². The highest BCUT2D eigenvalue weighted by Crippen LogP contribution is 2.26. The van der Waals surface area contributed by atoms with Gasteiger partial charge >= 0.3 is 0 Å². The second-order valence-corrected chi connectivity index (χ2v) is 6.06. The first kappa shape index (κ1) is 13.6. The number of aryl methyl sites for hydroxylation is 2. The van der Waals surface area contributed by atoms with Crippen LogP contribution in [-0.4, -0.2) is 10.9 Å². The third-order valence-electron chi connectivity index (χ3n) is 3.41. The van der Waals surface area contributed by atoms with Crippen LogP contribution >= 0.6 is 27.5 Å². The number of nitrogens with one attached hydrogen (secondary N) is 1. The molecule has 0 radical (unpaired) electrons. The average molecular weight is 352 g/mol. The number of nitrogens with zero attached hydrogens (tertiary/aromatic N) is 1. The van der Waals surface area contributed by atoms with Crippen molar-refractivity contribution in [2.45, 2.75) is 19.3 Å². The molecule has 20 heavy (non-hydrogen) atoms. The number of halogens is 2. The van der Waals surface area contributed by atoms with Crippen molar-refractivity contribution < 1.29 is 4.79 Å². The number of aromatic nitrogens is 1. The van der Waals surface area contributed by atoms with E-state index in [-0.39, 0.29) is 11.1 Å². The number of benzene rings is 1. The fraction of sp³-hybridized carbons (Fsp3) is 0.200. The number of fused-ring (bicyclic) bond motifs is 1. The molecule has 0 unspecified atom stereocenters. The van der Waals surface area contributed by atoms with Crippen molar-refractivity contribution >= 4 is 39.1 Å². The van der Waals surface area contributed by atoms with Crippen LogP contribution in [0.2, 0.25) is 5.15 Å². The van der Waals surface area contributed by atoms with Crippen molar-refractivity contribution in [2.75, 3.05) is 5.32 Å². The van der Waals surface area contributed by atoms with Gasteiger partial charge < -0.3 is 5.32 Å². The molecule has 1 amide bonds. The Morgan fingerprint density at radius 1 is 1.25 bits per heavy atom. The zero-order valence-electron chi connectivity index (χ0n) is 10.6. The first-order chi connectivity index (χ1) is 9.63. The Morgan fingerprint density at radius 2 is 2.05 bits per heavy atom. The van der Waals surface area contributed by atoms with Gasteiger partial charge in [-0.3, -0.25) is 4.79 Å². The zero-order chi connectivity index (χ0) is 14.1. The number of anilines is 1. The lowest BCUT2D eigenvalue weighted by molar-refractivity contribution is 0.102. The van der Waals surface area contributed by atoms with Gasteiger partial charge in [-0.2, -0.15) is 0 Å². The van der Waals surface area contributed by atoms with Crippen LogP contribution in [0.1, 0.15) is 27.9 Å². The molecule has 0 aliphatic heterocycles. The zero-order valence-corrected chi connectivity index (χ0v) is 13.0. The summed E-state index contributed by atoms with van der Waals surface area (Å²) in [5.41, 5.74) is 3.86. The molecular weight excluding hydrogens is 340 g/mol. The number of hydrogen-bond donors (Lipinski definition) is 1. The summed E-state index contributed by atoms with van der Waals surface area (Å²) in [6.07, 6.45) is 4.96. The van der Waals surface area contributed by atoms with Crippen LogP contribution in [0.4, 0.5) is 5.69 Å². The van der Waals surface area contributed by atoms with Gasteiger partial charge in [-0.15, -0.1) is 0 Å².